The smallest absolute Gasteiger partial charge is 0.412 e. The van der Waals surface area contributed by atoms with Crippen LogP contribution < -0.4 is 10.6 Å². The first-order valence-electron chi connectivity index (χ1n) is 7.37. The monoisotopic (exact) mass is 291 g/mol. The first-order chi connectivity index (χ1) is 9.82. The van der Waals surface area contributed by atoms with E-state index in [2.05, 4.69) is 22.6 Å². The van der Waals surface area contributed by atoms with Crippen LogP contribution in [0.15, 0.2) is 24.3 Å². The van der Waals surface area contributed by atoms with Crippen molar-refractivity contribution in [3.8, 4) is 0 Å². The van der Waals surface area contributed by atoms with Crippen molar-refractivity contribution in [1.82, 2.24) is 4.90 Å². The second-order valence-corrected chi connectivity index (χ2v) is 6.60. The molecule has 1 aromatic rings. The molecule has 1 unspecified atom stereocenters. The number of nitrogens with zero attached hydrogens (tertiary/aromatic N) is 1. The Morgan fingerprint density at radius 2 is 1.86 bits per heavy atom. The summed E-state index contributed by atoms with van der Waals surface area (Å²) in [6.07, 6.45) is 0.731. The molecular formula is C16H25N3O2. The number of amides is 1. The summed E-state index contributed by atoms with van der Waals surface area (Å²) < 4.78 is 5.22. The molecule has 1 amide bonds. The van der Waals surface area contributed by atoms with Crippen molar-refractivity contribution in [2.75, 3.05) is 30.8 Å². The molecule has 1 aliphatic rings. The van der Waals surface area contributed by atoms with E-state index in [-0.39, 0.29) is 0 Å². The van der Waals surface area contributed by atoms with Gasteiger partial charge in [0.15, 0.2) is 0 Å². The van der Waals surface area contributed by atoms with Crippen molar-refractivity contribution in [3.05, 3.63) is 24.3 Å². The van der Waals surface area contributed by atoms with Crippen LogP contribution in [0.2, 0.25) is 0 Å². The van der Waals surface area contributed by atoms with E-state index < -0.39 is 11.7 Å². The molecule has 1 atom stereocenters. The summed E-state index contributed by atoms with van der Waals surface area (Å²) in [7, 11) is 2.13. The lowest BCUT2D eigenvalue weighted by Crippen LogP contribution is -2.27. The van der Waals surface area contributed by atoms with Crippen molar-refractivity contribution in [3.63, 3.8) is 0 Å². The van der Waals surface area contributed by atoms with E-state index in [0.717, 1.165) is 30.9 Å². The SMILES string of the molecule is CN1CCC(Nc2ccc(NC(=O)OC(C)(C)C)cc2)C1. The Kier molecular flexibility index (Phi) is 4.73. The number of carbonyl (C=O) groups excluding carboxylic acids is 1. The third-order valence-corrected chi connectivity index (χ3v) is 3.29. The molecule has 1 saturated heterocycles. The summed E-state index contributed by atoms with van der Waals surface area (Å²) in [5.74, 6) is 0. The van der Waals surface area contributed by atoms with Gasteiger partial charge in [0.1, 0.15) is 5.60 Å². The Bertz CT molecular complexity index is 479. The number of ether oxygens (including phenoxy) is 1. The molecule has 0 aromatic heterocycles. The average molecular weight is 291 g/mol. The lowest BCUT2D eigenvalue weighted by atomic mass is 10.2. The van der Waals surface area contributed by atoms with Crippen LogP contribution >= 0.6 is 0 Å². The molecule has 0 radical (unpaired) electrons. The van der Waals surface area contributed by atoms with Crippen LogP contribution in [0.1, 0.15) is 27.2 Å². The molecule has 0 bridgehead atoms. The largest absolute Gasteiger partial charge is 0.444 e. The maximum atomic E-state index is 11.7. The molecule has 21 heavy (non-hydrogen) atoms. The highest BCUT2D eigenvalue weighted by molar-refractivity contribution is 5.85. The number of hydrogen-bond donors (Lipinski definition) is 2. The zero-order valence-corrected chi connectivity index (χ0v) is 13.3. The zero-order valence-electron chi connectivity index (χ0n) is 13.3. The van der Waals surface area contributed by atoms with E-state index in [1.807, 2.05) is 45.0 Å². The predicted octanol–water partition coefficient (Wildman–Crippen LogP) is 3.15. The second-order valence-electron chi connectivity index (χ2n) is 6.60. The summed E-state index contributed by atoms with van der Waals surface area (Å²) in [6, 6.07) is 8.21. The van der Waals surface area contributed by atoms with Crippen LogP contribution in [0.4, 0.5) is 16.2 Å². The van der Waals surface area contributed by atoms with Gasteiger partial charge in [-0.3, -0.25) is 5.32 Å². The minimum atomic E-state index is -0.486. The van der Waals surface area contributed by atoms with E-state index in [9.17, 15) is 4.79 Å². The molecule has 0 saturated carbocycles. The maximum absolute atomic E-state index is 11.7. The van der Waals surface area contributed by atoms with Crippen LogP contribution in [-0.4, -0.2) is 42.8 Å². The molecule has 0 spiro atoms. The molecule has 5 heteroatoms. The normalized spacial score (nSPS) is 19.3. The number of likely N-dealkylation sites (N-methyl/N-ethyl adjacent to an activating group) is 1. The summed E-state index contributed by atoms with van der Waals surface area (Å²) in [4.78, 5) is 14.0. The summed E-state index contributed by atoms with van der Waals surface area (Å²) in [6.45, 7) is 7.74. The standard InChI is InChI=1S/C16H25N3O2/c1-16(2,3)21-15(20)18-13-7-5-12(6-8-13)17-14-9-10-19(4)11-14/h5-8,14,17H,9-11H2,1-4H3,(H,18,20). The summed E-state index contributed by atoms with van der Waals surface area (Å²) >= 11 is 0. The van der Waals surface area contributed by atoms with Crippen LogP contribution in [-0.2, 0) is 4.74 Å². The Morgan fingerprint density at radius 3 is 2.38 bits per heavy atom. The molecule has 116 valence electrons. The van der Waals surface area contributed by atoms with E-state index >= 15 is 0 Å². The number of benzene rings is 1. The van der Waals surface area contributed by atoms with Gasteiger partial charge in [0, 0.05) is 24.0 Å². The second kappa shape index (κ2) is 6.35. The molecular weight excluding hydrogens is 266 g/mol. The van der Waals surface area contributed by atoms with Gasteiger partial charge in [-0.2, -0.15) is 0 Å². The number of anilines is 2. The molecule has 1 aromatic carbocycles. The van der Waals surface area contributed by atoms with Gasteiger partial charge in [-0.05, 0) is 65.0 Å². The van der Waals surface area contributed by atoms with Crippen LogP contribution in [0.3, 0.4) is 0 Å². The van der Waals surface area contributed by atoms with E-state index in [1.165, 1.54) is 0 Å². The number of rotatable bonds is 3. The minimum Gasteiger partial charge on any atom is -0.444 e. The van der Waals surface area contributed by atoms with Crippen molar-refractivity contribution >= 4 is 17.5 Å². The fourth-order valence-corrected chi connectivity index (χ4v) is 2.36. The van der Waals surface area contributed by atoms with Gasteiger partial charge in [0.05, 0.1) is 0 Å². The molecule has 0 aliphatic carbocycles. The van der Waals surface area contributed by atoms with Crippen molar-refractivity contribution in [2.24, 2.45) is 0 Å². The average Bonchev–Trinajstić information content (AvgIpc) is 2.75. The lowest BCUT2D eigenvalue weighted by molar-refractivity contribution is 0.0636. The van der Waals surface area contributed by atoms with Crippen molar-refractivity contribution in [2.45, 2.75) is 38.8 Å². The maximum Gasteiger partial charge on any atom is 0.412 e. The molecule has 2 N–H and O–H groups in total. The highest BCUT2D eigenvalue weighted by Gasteiger charge is 2.19. The van der Waals surface area contributed by atoms with Crippen LogP contribution in [0.25, 0.3) is 0 Å². The Labute approximate surface area is 126 Å². The van der Waals surface area contributed by atoms with Crippen LogP contribution in [0.5, 0.6) is 0 Å². The Balaban J connectivity index is 1.85. The fourth-order valence-electron chi connectivity index (χ4n) is 2.36. The first-order valence-corrected chi connectivity index (χ1v) is 7.37. The van der Waals surface area contributed by atoms with E-state index in [0.29, 0.717) is 6.04 Å². The highest BCUT2D eigenvalue weighted by atomic mass is 16.6. The minimum absolute atomic E-state index is 0.430. The molecule has 1 heterocycles. The van der Waals surface area contributed by atoms with Gasteiger partial charge in [-0.1, -0.05) is 0 Å². The van der Waals surface area contributed by atoms with Gasteiger partial charge in [0.25, 0.3) is 0 Å². The third kappa shape index (κ3) is 5.27. The topological polar surface area (TPSA) is 53.6 Å². The lowest BCUT2D eigenvalue weighted by Gasteiger charge is -2.20. The van der Waals surface area contributed by atoms with E-state index in [1.54, 1.807) is 0 Å². The first kappa shape index (κ1) is 15.6. The third-order valence-electron chi connectivity index (χ3n) is 3.29. The highest BCUT2D eigenvalue weighted by Crippen LogP contribution is 2.18. The Hall–Kier alpha value is -1.75. The number of hydrogen-bond acceptors (Lipinski definition) is 4. The number of likely N-dealkylation sites (tertiary alicyclic amines) is 1. The quantitative estimate of drug-likeness (QED) is 0.898. The van der Waals surface area contributed by atoms with Gasteiger partial charge < -0.3 is 15.0 Å². The summed E-state index contributed by atoms with van der Waals surface area (Å²) in [5, 5.41) is 6.23. The fraction of sp³-hybridized carbons (Fsp3) is 0.562. The van der Waals surface area contributed by atoms with Gasteiger partial charge in [-0.25, -0.2) is 4.79 Å². The van der Waals surface area contributed by atoms with Crippen LogP contribution in [0, 0.1) is 0 Å². The molecule has 2 rings (SSSR count). The predicted molar refractivity (Wildman–Crippen MR) is 85.8 cm³/mol. The van der Waals surface area contributed by atoms with Gasteiger partial charge >= 0.3 is 6.09 Å². The molecule has 1 aliphatic heterocycles. The number of nitrogens with one attached hydrogen (secondary N) is 2. The van der Waals surface area contributed by atoms with Crippen molar-refractivity contribution in [1.29, 1.82) is 0 Å². The Morgan fingerprint density at radius 1 is 1.24 bits per heavy atom. The summed E-state index contributed by atoms with van der Waals surface area (Å²) in [5.41, 5.74) is 1.32. The zero-order chi connectivity index (χ0) is 15.5. The number of carbonyl (C=O) groups is 1. The molecule has 1 fully saturated rings. The van der Waals surface area contributed by atoms with Gasteiger partial charge in [0.2, 0.25) is 0 Å². The molecule has 5 nitrogen and oxygen atoms in total. The van der Waals surface area contributed by atoms with Gasteiger partial charge in [-0.15, -0.1) is 0 Å². The van der Waals surface area contributed by atoms with E-state index in [4.69, 9.17) is 4.74 Å². The van der Waals surface area contributed by atoms with Crippen molar-refractivity contribution < 1.29 is 9.53 Å².